The third-order valence-corrected chi connectivity index (χ3v) is 5.70. The smallest absolute Gasteiger partial charge is 0.272 e. The van der Waals surface area contributed by atoms with Crippen LogP contribution in [0, 0.1) is 16.0 Å². The SMILES string of the molecule is NS(=O)(=O)c1cc(N2CCC(C3CCCO3)CC2)cc([N+](=O)[O-])c1. The van der Waals surface area contributed by atoms with E-state index in [-0.39, 0.29) is 10.6 Å². The summed E-state index contributed by atoms with van der Waals surface area (Å²) < 4.78 is 28.9. The Morgan fingerprint density at radius 2 is 1.92 bits per heavy atom. The average molecular weight is 355 g/mol. The number of piperidine rings is 1. The quantitative estimate of drug-likeness (QED) is 0.648. The molecule has 132 valence electrons. The maximum absolute atomic E-state index is 11.6. The molecule has 1 atom stereocenters. The van der Waals surface area contributed by atoms with Crippen molar-refractivity contribution in [3.8, 4) is 0 Å². The Balaban J connectivity index is 1.79. The molecule has 2 heterocycles. The zero-order valence-corrected chi connectivity index (χ0v) is 14.1. The summed E-state index contributed by atoms with van der Waals surface area (Å²) >= 11 is 0. The van der Waals surface area contributed by atoms with Gasteiger partial charge in [-0.15, -0.1) is 0 Å². The van der Waals surface area contributed by atoms with Crippen LogP contribution in [0.5, 0.6) is 0 Å². The van der Waals surface area contributed by atoms with Gasteiger partial charge in [-0.3, -0.25) is 10.1 Å². The Morgan fingerprint density at radius 3 is 2.46 bits per heavy atom. The number of nitrogens with two attached hydrogens (primary N) is 1. The van der Waals surface area contributed by atoms with E-state index in [0.29, 0.717) is 17.7 Å². The van der Waals surface area contributed by atoms with Gasteiger partial charge in [-0.2, -0.15) is 0 Å². The number of non-ortho nitro benzene ring substituents is 1. The molecule has 2 aliphatic heterocycles. The molecule has 2 aliphatic rings. The van der Waals surface area contributed by atoms with Gasteiger partial charge in [0.15, 0.2) is 0 Å². The summed E-state index contributed by atoms with van der Waals surface area (Å²) in [4.78, 5) is 12.2. The van der Waals surface area contributed by atoms with Crippen LogP contribution in [0.25, 0.3) is 0 Å². The van der Waals surface area contributed by atoms with E-state index in [1.807, 2.05) is 4.90 Å². The lowest BCUT2D eigenvalue weighted by molar-refractivity contribution is -0.385. The number of nitro benzene ring substituents is 1. The van der Waals surface area contributed by atoms with Gasteiger partial charge >= 0.3 is 0 Å². The first-order valence-electron chi connectivity index (χ1n) is 8.03. The highest BCUT2D eigenvalue weighted by molar-refractivity contribution is 7.89. The number of hydrogen-bond acceptors (Lipinski definition) is 6. The minimum absolute atomic E-state index is 0.229. The number of hydrogen-bond donors (Lipinski definition) is 1. The fraction of sp³-hybridized carbons (Fsp3) is 0.600. The maximum atomic E-state index is 11.6. The third kappa shape index (κ3) is 3.68. The van der Waals surface area contributed by atoms with Crippen LogP contribution in [0.3, 0.4) is 0 Å². The van der Waals surface area contributed by atoms with E-state index in [4.69, 9.17) is 9.88 Å². The van der Waals surface area contributed by atoms with Gasteiger partial charge in [0, 0.05) is 37.5 Å². The van der Waals surface area contributed by atoms with Crippen LogP contribution in [-0.2, 0) is 14.8 Å². The Hall–Kier alpha value is -1.71. The molecule has 0 saturated carbocycles. The number of benzene rings is 1. The van der Waals surface area contributed by atoms with Gasteiger partial charge in [0.1, 0.15) is 0 Å². The van der Waals surface area contributed by atoms with Crippen molar-refractivity contribution in [2.75, 3.05) is 24.6 Å². The highest BCUT2D eigenvalue weighted by Gasteiger charge is 2.30. The van der Waals surface area contributed by atoms with Crippen molar-refractivity contribution in [3.05, 3.63) is 28.3 Å². The lowest BCUT2D eigenvalue weighted by atomic mass is 9.89. The third-order valence-electron chi connectivity index (χ3n) is 4.81. The predicted molar refractivity (Wildman–Crippen MR) is 88.4 cm³/mol. The molecule has 0 aliphatic carbocycles. The number of anilines is 1. The molecular weight excluding hydrogens is 334 g/mol. The molecule has 0 aromatic heterocycles. The number of primary sulfonamides is 1. The second-order valence-electron chi connectivity index (χ2n) is 6.36. The van der Waals surface area contributed by atoms with Gasteiger partial charge < -0.3 is 9.64 Å². The van der Waals surface area contributed by atoms with Gasteiger partial charge in [0.2, 0.25) is 10.0 Å². The molecule has 24 heavy (non-hydrogen) atoms. The van der Waals surface area contributed by atoms with Crippen molar-refractivity contribution >= 4 is 21.4 Å². The van der Waals surface area contributed by atoms with Crippen molar-refractivity contribution in [2.24, 2.45) is 11.1 Å². The fourth-order valence-electron chi connectivity index (χ4n) is 3.52. The summed E-state index contributed by atoms with van der Waals surface area (Å²) in [6, 6.07) is 3.81. The molecular formula is C15H21N3O5S. The normalized spacial score (nSPS) is 22.7. The maximum Gasteiger partial charge on any atom is 0.272 e. The summed E-state index contributed by atoms with van der Waals surface area (Å²) in [5.74, 6) is 0.500. The van der Waals surface area contributed by atoms with Gasteiger partial charge in [0.25, 0.3) is 5.69 Å². The van der Waals surface area contributed by atoms with Crippen LogP contribution in [0.15, 0.2) is 23.1 Å². The second kappa shape index (κ2) is 6.66. The number of rotatable bonds is 4. The van der Waals surface area contributed by atoms with Gasteiger partial charge in [-0.1, -0.05) is 0 Å². The monoisotopic (exact) mass is 355 g/mol. The Morgan fingerprint density at radius 1 is 1.21 bits per heavy atom. The molecule has 0 spiro atoms. The lowest BCUT2D eigenvalue weighted by Crippen LogP contribution is -2.37. The van der Waals surface area contributed by atoms with Crippen molar-refractivity contribution in [1.29, 1.82) is 0 Å². The average Bonchev–Trinajstić information content (AvgIpc) is 3.08. The standard InChI is InChI=1S/C15H21N3O5S/c16-24(21,22)14-9-12(8-13(10-14)18(19)20)17-5-3-11(4-6-17)15-2-1-7-23-15/h8-11,15H,1-7H2,(H2,16,21,22). The van der Waals surface area contributed by atoms with Crippen LogP contribution >= 0.6 is 0 Å². The number of nitro groups is 1. The van der Waals surface area contributed by atoms with E-state index < -0.39 is 14.9 Å². The van der Waals surface area contributed by atoms with E-state index >= 15 is 0 Å². The minimum Gasteiger partial charge on any atom is -0.378 e. The molecule has 0 radical (unpaired) electrons. The summed E-state index contributed by atoms with van der Waals surface area (Å²) in [5.41, 5.74) is 0.261. The Labute approximate surface area is 140 Å². The van der Waals surface area contributed by atoms with Crippen LogP contribution in [-0.4, -0.2) is 39.1 Å². The molecule has 0 amide bonds. The van der Waals surface area contributed by atoms with E-state index in [9.17, 15) is 18.5 Å². The molecule has 2 fully saturated rings. The molecule has 2 N–H and O–H groups in total. The van der Waals surface area contributed by atoms with Crippen LogP contribution < -0.4 is 10.0 Å². The molecule has 2 saturated heterocycles. The highest BCUT2D eigenvalue weighted by Crippen LogP contribution is 2.33. The van der Waals surface area contributed by atoms with E-state index in [1.54, 1.807) is 0 Å². The number of sulfonamides is 1. The molecule has 9 heteroatoms. The first kappa shape index (κ1) is 17.1. The van der Waals surface area contributed by atoms with Crippen LogP contribution in [0.2, 0.25) is 0 Å². The van der Waals surface area contributed by atoms with Crippen molar-refractivity contribution < 1.29 is 18.1 Å². The van der Waals surface area contributed by atoms with E-state index in [2.05, 4.69) is 0 Å². The fourth-order valence-corrected chi connectivity index (χ4v) is 4.09. The summed E-state index contributed by atoms with van der Waals surface area (Å²) in [6.07, 6.45) is 4.37. The van der Waals surface area contributed by atoms with Crippen LogP contribution in [0.4, 0.5) is 11.4 Å². The number of nitrogens with zero attached hydrogens (tertiary/aromatic N) is 2. The Kier molecular flexibility index (Phi) is 4.75. The predicted octanol–water partition coefficient (Wildman–Crippen LogP) is 1.64. The summed E-state index contributed by atoms with van der Waals surface area (Å²) in [5, 5.41) is 16.2. The van der Waals surface area contributed by atoms with Crippen LogP contribution in [0.1, 0.15) is 25.7 Å². The molecule has 1 aromatic carbocycles. The van der Waals surface area contributed by atoms with Crippen molar-refractivity contribution in [1.82, 2.24) is 0 Å². The molecule has 8 nitrogen and oxygen atoms in total. The summed E-state index contributed by atoms with van der Waals surface area (Å²) in [7, 11) is -3.99. The van der Waals surface area contributed by atoms with Gasteiger partial charge in [-0.05, 0) is 37.7 Å². The second-order valence-corrected chi connectivity index (χ2v) is 7.92. The largest absolute Gasteiger partial charge is 0.378 e. The molecule has 1 aromatic rings. The van der Waals surface area contributed by atoms with Crippen molar-refractivity contribution in [3.63, 3.8) is 0 Å². The highest BCUT2D eigenvalue weighted by atomic mass is 32.2. The van der Waals surface area contributed by atoms with E-state index in [1.165, 1.54) is 12.1 Å². The first-order chi connectivity index (χ1) is 11.3. The molecule has 1 unspecified atom stereocenters. The summed E-state index contributed by atoms with van der Waals surface area (Å²) in [6.45, 7) is 2.26. The van der Waals surface area contributed by atoms with Crippen molar-refractivity contribution in [2.45, 2.75) is 36.7 Å². The zero-order chi connectivity index (χ0) is 17.3. The lowest BCUT2D eigenvalue weighted by Gasteiger charge is -2.35. The van der Waals surface area contributed by atoms with Gasteiger partial charge in [0.05, 0.1) is 15.9 Å². The Bertz CT molecular complexity index is 723. The minimum atomic E-state index is -3.99. The molecule has 0 bridgehead atoms. The topological polar surface area (TPSA) is 116 Å². The van der Waals surface area contributed by atoms with Gasteiger partial charge in [-0.25, -0.2) is 13.6 Å². The number of ether oxygens (including phenoxy) is 1. The zero-order valence-electron chi connectivity index (χ0n) is 13.3. The molecule has 3 rings (SSSR count). The first-order valence-corrected chi connectivity index (χ1v) is 9.58. The van der Waals surface area contributed by atoms with E-state index in [0.717, 1.165) is 51.4 Å².